The fraction of sp³-hybridized carbons (Fsp3) is 0.556. The second-order valence-corrected chi connectivity index (χ2v) is 7.22. The third-order valence-electron chi connectivity index (χ3n) is 4.05. The van der Waals surface area contributed by atoms with E-state index in [2.05, 4.69) is 5.32 Å². The number of carbonyl (C=O) groups excluding carboxylic acids is 2. The molecule has 3 N–H and O–H groups in total. The summed E-state index contributed by atoms with van der Waals surface area (Å²) in [7, 11) is 1.86. The van der Waals surface area contributed by atoms with Crippen molar-refractivity contribution in [1.29, 1.82) is 0 Å². The molecule has 0 saturated carbocycles. The quantitative estimate of drug-likeness (QED) is 0.793. The number of amides is 2. The molecule has 2 atom stereocenters. The predicted molar refractivity (Wildman–Crippen MR) is 96.9 cm³/mol. The van der Waals surface area contributed by atoms with E-state index in [9.17, 15) is 9.59 Å². The number of hydrogen-bond donors (Lipinski definition) is 2. The second kappa shape index (κ2) is 7.84. The van der Waals surface area contributed by atoms with Crippen molar-refractivity contribution < 1.29 is 14.3 Å². The fourth-order valence-electron chi connectivity index (χ4n) is 2.90. The molecule has 1 fully saturated rings. The van der Waals surface area contributed by atoms with Crippen LogP contribution >= 0.6 is 0 Å². The maximum absolute atomic E-state index is 12.5. The molecule has 2 unspecified atom stereocenters. The lowest BCUT2D eigenvalue weighted by molar-refractivity contribution is -0.118. The molecule has 2 rings (SSSR count). The molecule has 1 aromatic carbocycles. The van der Waals surface area contributed by atoms with E-state index < -0.39 is 17.7 Å². The van der Waals surface area contributed by atoms with E-state index in [4.69, 9.17) is 10.5 Å². The maximum Gasteiger partial charge on any atom is 0.407 e. The molecule has 1 aromatic rings. The zero-order valence-corrected chi connectivity index (χ0v) is 15.4. The van der Waals surface area contributed by atoms with E-state index in [1.807, 2.05) is 63.2 Å². The van der Waals surface area contributed by atoms with Gasteiger partial charge in [0, 0.05) is 13.6 Å². The summed E-state index contributed by atoms with van der Waals surface area (Å²) >= 11 is 0. The third-order valence-corrected chi connectivity index (χ3v) is 4.05. The van der Waals surface area contributed by atoms with Crippen molar-refractivity contribution in [3.63, 3.8) is 0 Å². The summed E-state index contributed by atoms with van der Waals surface area (Å²) in [5.74, 6) is -0.112. The van der Waals surface area contributed by atoms with Gasteiger partial charge in [-0.2, -0.15) is 0 Å². The van der Waals surface area contributed by atoms with E-state index in [-0.39, 0.29) is 11.9 Å². The van der Waals surface area contributed by atoms with Gasteiger partial charge in [-0.3, -0.25) is 4.79 Å². The molecule has 0 bridgehead atoms. The first kappa shape index (κ1) is 19.2. The highest BCUT2D eigenvalue weighted by Crippen LogP contribution is 2.26. The average Bonchev–Trinajstić information content (AvgIpc) is 2.73. The molecule has 0 aliphatic carbocycles. The minimum Gasteiger partial charge on any atom is -0.444 e. The van der Waals surface area contributed by atoms with Crippen molar-refractivity contribution in [2.45, 2.75) is 51.3 Å². The number of rotatable bonds is 5. The van der Waals surface area contributed by atoms with Crippen LogP contribution in [0, 0.1) is 0 Å². The van der Waals surface area contributed by atoms with Gasteiger partial charge >= 0.3 is 6.09 Å². The summed E-state index contributed by atoms with van der Waals surface area (Å²) in [6, 6.07) is 8.77. The lowest BCUT2D eigenvalue weighted by atomic mass is 10.0. The second-order valence-electron chi connectivity index (χ2n) is 7.22. The first-order valence-corrected chi connectivity index (χ1v) is 8.55. The molecule has 138 valence electrons. The van der Waals surface area contributed by atoms with Crippen LogP contribution in [-0.4, -0.2) is 48.3 Å². The van der Waals surface area contributed by atoms with Gasteiger partial charge in [-0.25, -0.2) is 14.8 Å². The van der Waals surface area contributed by atoms with Gasteiger partial charge < -0.3 is 15.8 Å². The number of hydrogen-bond acceptors (Lipinski definition) is 5. The van der Waals surface area contributed by atoms with Crippen molar-refractivity contribution in [2.75, 3.05) is 18.6 Å². The largest absolute Gasteiger partial charge is 0.444 e. The SMILES string of the molecule is CN1C(CCCNC(=O)OC(C)(C)C)C(N)C(=O)N1c1ccccc1. The van der Waals surface area contributed by atoms with Gasteiger partial charge in [0.05, 0.1) is 11.7 Å². The Morgan fingerprint density at radius 1 is 1.28 bits per heavy atom. The van der Waals surface area contributed by atoms with Crippen molar-refractivity contribution in [3.05, 3.63) is 30.3 Å². The maximum atomic E-state index is 12.5. The van der Waals surface area contributed by atoms with Crippen molar-refractivity contribution in [2.24, 2.45) is 5.73 Å². The number of carbonyl (C=O) groups is 2. The highest BCUT2D eigenvalue weighted by atomic mass is 16.6. The summed E-state index contributed by atoms with van der Waals surface area (Å²) in [6.07, 6.45) is 0.971. The van der Waals surface area contributed by atoms with Gasteiger partial charge in [-0.15, -0.1) is 0 Å². The third kappa shape index (κ3) is 4.93. The molecule has 7 nitrogen and oxygen atoms in total. The number of nitrogens with two attached hydrogens (primary N) is 1. The number of hydrazine groups is 1. The summed E-state index contributed by atoms with van der Waals surface area (Å²) in [5, 5.41) is 6.23. The summed E-state index contributed by atoms with van der Waals surface area (Å²) in [5.41, 5.74) is 6.41. The van der Waals surface area contributed by atoms with Crippen LogP contribution in [0.4, 0.5) is 10.5 Å². The van der Waals surface area contributed by atoms with E-state index in [1.165, 1.54) is 0 Å². The van der Waals surface area contributed by atoms with Crippen molar-refractivity contribution >= 4 is 17.7 Å². The Morgan fingerprint density at radius 3 is 2.52 bits per heavy atom. The topological polar surface area (TPSA) is 87.9 Å². The smallest absolute Gasteiger partial charge is 0.407 e. The van der Waals surface area contributed by atoms with E-state index in [1.54, 1.807) is 5.01 Å². The minimum absolute atomic E-state index is 0.104. The van der Waals surface area contributed by atoms with Crippen LogP contribution in [-0.2, 0) is 9.53 Å². The predicted octanol–water partition coefficient (Wildman–Crippen LogP) is 1.88. The lowest BCUT2D eigenvalue weighted by Crippen LogP contribution is -2.41. The van der Waals surface area contributed by atoms with Crippen LogP contribution in [0.1, 0.15) is 33.6 Å². The van der Waals surface area contributed by atoms with Crippen LogP contribution in [0.3, 0.4) is 0 Å². The van der Waals surface area contributed by atoms with Gasteiger partial charge in [0.15, 0.2) is 0 Å². The number of nitrogens with one attached hydrogen (secondary N) is 1. The number of anilines is 1. The normalized spacial score (nSPS) is 21.5. The van der Waals surface area contributed by atoms with Crippen LogP contribution in [0.15, 0.2) is 30.3 Å². The summed E-state index contributed by atoms with van der Waals surface area (Å²) in [6.45, 7) is 5.94. The van der Waals surface area contributed by atoms with Crippen LogP contribution in [0.25, 0.3) is 0 Å². The Labute approximate surface area is 149 Å². The summed E-state index contributed by atoms with van der Waals surface area (Å²) in [4.78, 5) is 24.1. The molecule has 0 spiro atoms. The van der Waals surface area contributed by atoms with Crippen molar-refractivity contribution in [3.8, 4) is 0 Å². The van der Waals surface area contributed by atoms with E-state index >= 15 is 0 Å². The van der Waals surface area contributed by atoms with Gasteiger partial charge in [-0.1, -0.05) is 18.2 Å². The Hall–Kier alpha value is -2.12. The number of para-hydroxylation sites is 1. The molecule has 1 saturated heterocycles. The highest BCUT2D eigenvalue weighted by Gasteiger charge is 2.42. The van der Waals surface area contributed by atoms with Gasteiger partial charge in [0.25, 0.3) is 5.91 Å². The Morgan fingerprint density at radius 2 is 1.92 bits per heavy atom. The monoisotopic (exact) mass is 348 g/mol. The number of benzene rings is 1. The van der Waals surface area contributed by atoms with E-state index in [0.29, 0.717) is 19.4 Å². The Bertz CT molecular complexity index is 600. The van der Waals surface area contributed by atoms with Crippen LogP contribution in [0.5, 0.6) is 0 Å². The van der Waals surface area contributed by atoms with Crippen LogP contribution < -0.4 is 16.1 Å². The number of ether oxygens (including phenoxy) is 1. The zero-order valence-electron chi connectivity index (χ0n) is 15.4. The zero-order chi connectivity index (χ0) is 18.6. The summed E-state index contributed by atoms with van der Waals surface area (Å²) < 4.78 is 5.20. The van der Waals surface area contributed by atoms with Gasteiger partial charge in [-0.05, 0) is 45.7 Å². The number of nitrogens with zero attached hydrogens (tertiary/aromatic N) is 2. The molecule has 2 amide bonds. The highest BCUT2D eigenvalue weighted by molar-refractivity contribution is 5.99. The fourth-order valence-corrected chi connectivity index (χ4v) is 2.90. The number of alkyl carbamates (subject to hydrolysis) is 1. The van der Waals surface area contributed by atoms with Crippen LogP contribution in [0.2, 0.25) is 0 Å². The molecule has 25 heavy (non-hydrogen) atoms. The molecular weight excluding hydrogens is 320 g/mol. The molecule has 1 aliphatic rings. The van der Waals surface area contributed by atoms with Gasteiger partial charge in [0.2, 0.25) is 0 Å². The average molecular weight is 348 g/mol. The minimum atomic E-state index is -0.577. The first-order chi connectivity index (χ1) is 11.7. The molecule has 1 aliphatic heterocycles. The lowest BCUT2D eigenvalue weighted by Gasteiger charge is -2.28. The van der Waals surface area contributed by atoms with Crippen molar-refractivity contribution in [1.82, 2.24) is 10.3 Å². The number of likely N-dealkylation sites (N-methyl/N-ethyl adjacent to an activating group) is 1. The Balaban J connectivity index is 1.86. The molecule has 1 heterocycles. The van der Waals surface area contributed by atoms with Gasteiger partial charge in [0.1, 0.15) is 11.6 Å². The molecule has 0 aromatic heterocycles. The molecule has 7 heteroatoms. The standard InChI is InChI=1S/C18H28N4O3/c1-18(2,3)25-17(24)20-12-8-11-14-15(19)16(23)22(21(14)4)13-9-6-5-7-10-13/h5-7,9-10,14-15H,8,11-12,19H2,1-4H3,(H,20,24). The molecular formula is C18H28N4O3. The molecule has 0 radical (unpaired) electrons. The van der Waals surface area contributed by atoms with E-state index in [0.717, 1.165) is 5.69 Å². The Kier molecular flexibility index (Phi) is 6.02. The first-order valence-electron chi connectivity index (χ1n) is 8.55.